The molecule has 1 amide bonds. The summed E-state index contributed by atoms with van der Waals surface area (Å²) in [4.78, 5) is 14.1. The Morgan fingerprint density at radius 3 is 2.52 bits per heavy atom. The van der Waals surface area contributed by atoms with Crippen LogP contribution in [-0.4, -0.2) is 29.2 Å². The number of nitrogens with zero attached hydrogens (tertiary/aromatic N) is 1. The fraction of sp³-hybridized carbons (Fsp3) is 0.375. The highest BCUT2D eigenvalue weighted by molar-refractivity contribution is 5.75. The molecular formula is C24H28FNO3. The molecule has 4 nitrogen and oxygen atoms in total. The third-order valence-corrected chi connectivity index (χ3v) is 4.75. The van der Waals surface area contributed by atoms with Crippen molar-refractivity contribution in [1.29, 1.82) is 0 Å². The van der Waals surface area contributed by atoms with E-state index in [1.54, 1.807) is 11.0 Å². The Labute approximate surface area is 171 Å². The zero-order chi connectivity index (χ0) is 21.0. The maximum absolute atomic E-state index is 14.6. The number of benzene rings is 2. The minimum absolute atomic E-state index is 0.0601. The monoisotopic (exact) mass is 397 g/mol. The van der Waals surface area contributed by atoms with Gasteiger partial charge >= 0.3 is 6.09 Å². The van der Waals surface area contributed by atoms with Crippen molar-refractivity contribution in [3.05, 3.63) is 71.6 Å². The summed E-state index contributed by atoms with van der Waals surface area (Å²) < 4.78 is 25.9. The van der Waals surface area contributed by atoms with E-state index in [0.29, 0.717) is 19.6 Å². The third-order valence-electron chi connectivity index (χ3n) is 4.75. The number of hydrogen-bond donors (Lipinski definition) is 0. The fourth-order valence-electron chi connectivity index (χ4n) is 3.33. The first-order valence-corrected chi connectivity index (χ1v) is 9.89. The second kappa shape index (κ2) is 8.68. The van der Waals surface area contributed by atoms with Crippen molar-refractivity contribution in [1.82, 2.24) is 4.90 Å². The molecule has 29 heavy (non-hydrogen) atoms. The van der Waals surface area contributed by atoms with Crippen molar-refractivity contribution in [3.8, 4) is 5.75 Å². The first-order chi connectivity index (χ1) is 13.7. The number of amides is 1. The molecule has 0 unspecified atom stereocenters. The van der Waals surface area contributed by atoms with Crippen LogP contribution in [0.1, 0.15) is 45.2 Å². The molecule has 0 saturated carbocycles. The lowest BCUT2D eigenvalue weighted by atomic mass is 9.94. The molecule has 5 heteroatoms. The van der Waals surface area contributed by atoms with E-state index in [0.717, 1.165) is 16.7 Å². The van der Waals surface area contributed by atoms with Crippen LogP contribution in [0.15, 0.2) is 54.6 Å². The average Bonchev–Trinajstić information content (AvgIpc) is 2.66. The molecule has 0 aliphatic carbocycles. The normalized spacial score (nSPS) is 16.9. The number of carbonyl (C=O) groups is 1. The van der Waals surface area contributed by atoms with Crippen LogP contribution in [0.3, 0.4) is 0 Å². The molecule has 0 fully saturated rings. The van der Waals surface area contributed by atoms with Crippen LogP contribution in [0.25, 0.3) is 5.57 Å². The highest BCUT2D eigenvalue weighted by Gasteiger charge is 2.29. The predicted molar refractivity (Wildman–Crippen MR) is 112 cm³/mol. The minimum atomic E-state index is -0.540. The fourth-order valence-corrected chi connectivity index (χ4v) is 3.33. The number of ether oxygens (including phenoxy) is 2. The van der Waals surface area contributed by atoms with Gasteiger partial charge in [0.2, 0.25) is 0 Å². The van der Waals surface area contributed by atoms with Gasteiger partial charge in [-0.05, 0) is 51.3 Å². The van der Waals surface area contributed by atoms with Gasteiger partial charge in [-0.3, -0.25) is 0 Å². The van der Waals surface area contributed by atoms with Crippen LogP contribution in [0.4, 0.5) is 9.18 Å². The van der Waals surface area contributed by atoms with E-state index in [4.69, 9.17) is 9.47 Å². The Morgan fingerprint density at radius 2 is 1.86 bits per heavy atom. The summed E-state index contributed by atoms with van der Waals surface area (Å²) in [6.45, 7) is 8.24. The van der Waals surface area contributed by atoms with Crippen molar-refractivity contribution in [2.24, 2.45) is 0 Å². The van der Waals surface area contributed by atoms with E-state index in [1.807, 2.05) is 70.2 Å². The van der Waals surface area contributed by atoms with Gasteiger partial charge in [-0.25, -0.2) is 9.18 Å². The summed E-state index contributed by atoms with van der Waals surface area (Å²) in [7, 11) is 0. The number of para-hydroxylation sites is 1. The Kier molecular flexibility index (Phi) is 6.26. The maximum Gasteiger partial charge on any atom is 0.410 e. The van der Waals surface area contributed by atoms with Crippen molar-refractivity contribution in [2.75, 3.05) is 6.54 Å². The molecule has 1 heterocycles. The van der Waals surface area contributed by atoms with Gasteiger partial charge in [0.25, 0.3) is 0 Å². The molecule has 1 aliphatic heterocycles. The molecular weight excluding hydrogens is 369 g/mol. The van der Waals surface area contributed by atoms with Gasteiger partial charge in [0, 0.05) is 18.2 Å². The molecule has 0 aromatic heterocycles. The molecule has 2 aromatic rings. The van der Waals surface area contributed by atoms with Gasteiger partial charge in [0.15, 0.2) is 11.6 Å². The standard InChI is InChI=1S/C24H28FNO3/c1-17-15-19(13-14-26(17)23(27)29-24(2,3)4)20-11-8-12-21(25)22(20)28-16-18-9-6-5-7-10-18/h5-13,17H,14-16H2,1-4H3/t17-/m0/s1. The van der Waals surface area contributed by atoms with Gasteiger partial charge in [0.1, 0.15) is 12.2 Å². The summed E-state index contributed by atoms with van der Waals surface area (Å²) in [6.07, 6.45) is 2.22. The maximum atomic E-state index is 14.6. The van der Waals surface area contributed by atoms with E-state index >= 15 is 0 Å². The number of rotatable bonds is 4. The van der Waals surface area contributed by atoms with Gasteiger partial charge in [-0.2, -0.15) is 0 Å². The van der Waals surface area contributed by atoms with Gasteiger partial charge in [0.05, 0.1) is 0 Å². The summed E-state index contributed by atoms with van der Waals surface area (Å²) in [5.41, 5.74) is 2.14. The van der Waals surface area contributed by atoms with Crippen molar-refractivity contribution < 1.29 is 18.7 Å². The first-order valence-electron chi connectivity index (χ1n) is 9.89. The summed E-state index contributed by atoms with van der Waals surface area (Å²) in [6, 6.07) is 14.6. The highest BCUT2D eigenvalue weighted by Crippen LogP contribution is 2.35. The number of hydrogen-bond acceptors (Lipinski definition) is 3. The average molecular weight is 397 g/mol. The van der Waals surface area contributed by atoms with Crippen LogP contribution in [0.2, 0.25) is 0 Å². The second-order valence-electron chi connectivity index (χ2n) is 8.31. The molecule has 0 radical (unpaired) electrons. The summed E-state index contributed by atoms with van der Waals surface area (Å²) >= 11 is 0. The summed E-state index contributed by atoms with van der Waals surface area (Å²) in [5.74, 6) is -0.137. The molecule has 0 N–H and O–H groups in total. The van der Waals surface area contributed by atoms with E-state index in [-0.39, 0.29) is 23.7 Å². The lowest BCUT2D eigenvalue weighted by molar-refractivity contribution is 0.0198. The van der Waals surface area contributed by atoms with E-state index in [9.17, 15) is 9.18 Å². The van der Waals surface area contributed by atoms with Crippen LogP contribution >= 0.6 is 0 Å². The van der Waals surface area contributed by atoms with Crippen LogP contribution in [0.5, 0.6) is 5.75 Å². The quantitative estimate of drug-likeness (QED) is 0.653. The van der Waals surface area contributed by atoms with Crippen LogP contribution in [-0.2, 0) is 11.3 Å². The van der Waals surface area contributed by atoms with E-state index in [1.165, 1.54) is 6.07 Å². The Balaban J connectivity index is 1.78. The SMILES string of the molecule is C[C@H]1CC(c2cccc(F)c2OCc2ccccc2)=CCN1C(=O)OC(C)(C)C. The zero-order valence-corrected chi connectivity index (χ0v) is 17.4. The zero-order valence-electron chi connectivity index (χ0n) is 17.4. The van der Waals surface area contributed by atoms with Crippen molar-refractivity contribution in [3.63, 3.8) is 0 Å². The third kappa shape index (κ3) is 5.37. The lowest BCUT2D eigenvalue weighted by Gasteiger charge is -2.34. The molecule has 2 aromatic carbocycles. The first kappa shape index (κ1) is 20.9. The van der Waals surface area contributed by atoms with E-state index in [2.05, 4.69) is 0 Å². The Bertz CT molecular complexity index is 887. The van der Waals surface area contributed by atoms with Gasteiger partial charge in [-0.15, -0.1) is 0 Å². The van der Waals surface area contributed by atoms with Crippen LogP contribution in [0, 0.1) is 5.82 Å². The largest absolute Gasteiger partial charge is 0.485 e. The minimum Gasteiger partial charge on any atom is -0.485 e. The second-order valence-corrected chi connectivity index (χ2v) is 8.31. The highest BCUT2D eigenvalue weighted by atomic mass is 19.1. The summed E-state index contributed by atoms with van der Waals surface area (Å²) in [5, 5.41) is 0. The topological polar surface area (TPSA) is 38.8 Å². The van der Waals surface area contributed by atoms with Gasteiger partial charge < -0.3 is 14.4 Å². The molecule has 0 saturated heterocycles. The number of carbonyl (C=O) groups excluding carboxylic acids is 1. The molecule has 3 rings (SSSR count). The van der Waals surface area contributed by atoms with Crippen LogP contribution < -0.4 is 4.74 Å². The molecule has 1 aliphatic rings. The number of halogens is 1. The Morgan fingerprint density at radius 1 is 1.14 bits per heavy atom. The molecule has 1 atom stereocenters. The smallest absolute Gasteiger partial charge is 0.410 e. The van der Waals surface area contributed by atoms with E-state index < -0.39 is 5.60 Å². The van der Waals surface area contributed by atoms with Crippen molar-refractivity contribution >= 4 is 11.7 Å². The van der Waals surface area contributed by atoms with Gasteiger partial charge in [-0.1, -0.05) is 48.5 Å². The molecule has 154 valence electrons. The predicted octanol–water partition coefficient (Wildman–Crippen LogP) is 5.82. The Hall–Kier alpha value is -2.82. The molecule has 0 spiro atoms. The lowest BCUT2D eigenvalue weighted by Crippen LogP contribution is -2.44. The molecule has 0 bridgehead atoms. The van der Waals surface area contributed by atoms with Crippen molar-refractivity contribution in [2.45, 2.75) is 52.4 Å².